The molecular formula is C16H24N4O2. The lowest BCUT2D eigenvalue weighted by atomic mass is 9.83. The molecule has 2 aliphatic rings. The van der Waals surface area contributed by atoms with Crippen molar-refractivity contribution in [1.82, 2.24) is 15.3 Å². The molecule has 2 aliphatic heterocycles. The molecule has 1 aromatic heterocycles. The summed E-state index contributed by atoms with van der Waals surface area (Å²) in [6.07, 6.45) is 5.67. The number of ether oxygens (including phenoxy) is 1. The number of carbonyl (C=O) groups is 1. The topological polar surface area (TPSA) is 67.4 Å². The maximum atomic E-state index is 11.6. The Morgan fingerprint density at radius 1 is 1.45 bits per heavy atom. The van der Waals surface area contributed by atoms with Gasteiger partial charge in [0.25, 0.3) is 0 Å². The van der Waals surface area contributed by atoms with Gasteiger partial charge in [-0.2, -0.15) is 0 Å². The van der Waals surface area contributed by atoms with Crippen LogP contribution >= 0.6 is 0 Å². The van der Waals surface area contributed by atoms with Gasteiger partial charge < -0.3 is 15.0 Å². The molecule has 120 valence electrons. The zero-order valence-corrected chi connectivity index (χ0v) is 13.3. The summed E-state index contributed by atoms with van der Waals surface area (Å²) in [5.74, 6) is 1.37. The molecule has 1 amide bonds. The van der Waals surface area contributed by atoms with Crippen molar-refractivity contribution in [1.29, 1.82) is 0 Å². The summed E-state index contributed by atoms with van der Waals surface area (Å²) < 4.78 is 6.11. The van der Waals surface area contributed by atoms with Crippen LogP contribution in [0.4, 0.5) is 5.95 Å². The van der Waals surface area contributed by atoms with Crippen LogP contribution in [0.25, 0.3) is 0 Å². The van der Waals surface area contributed by atoms with Crippen molar-refractivity contribution in [2.45, 2.75) is 32.3 Å². The van der Waals surface area contributed by atoms with Crippen molar-refractivity contribution in [2.75, 3.05) is 31.1 Å². The van der Waals surface area contributed by atoms with Crippen molar-refractivity contribution >= 4 is 11.9 Å². The van der Waals surface area contributed by atoms with Crippen LogP contribution in [-0.4, -0.2) is 47.7 Å². The first-order chi connectivity index (χ1) is 10.6. The summed E-state index contributed by atoms with van der Waals surface area (Å²) in [6.45, 7) is 7.00. The van der Waals surface area contributed by atoms with Crippen LogP contribution < -0.4 is 10.2 Å². The van der Waals surface area contributed by atoms with Gasteiger partial charge in [-0.05, 0) is 24.8 Å². The first kappa shape index (κ1) is 15.2. The van der Waals surface area contributed by atoms with Gasteiger partial charge in [-0.25, -0.2) is 9.97 Å². The number of hydrogen-bond donors (Lipinski definition) is 1. The van der Waals surface area contributed by atoms with E-state index in [1.807, 2.05) is 19.9 Å². The van der Waals surface area contributed by atoms with E-state index >= 15 is 0 Å². The Morgan fingerprint density at radius 2 is 2.18 bits per heavy atom. The lowest BCUT2D eigenvalue weighted by Gasteiger charge is -2.52. The highest BCUT2D eigenvalue weighted by molar-refractivity contribution is 5.77. The van der Waals surface area contributed by atoms with E-state index in [0.717, 1.165) is 45.0 Å². The van der Waals surface area contributed by atoms with Gasteiger partial charge in [0.2, 0.25) is 11.9 Å². The van der Waals surface area contributed by atoms with Crippen LogP contribution in [0, 0.1) is 11.8 Å². The van der Waals surface area contributed by atoms with E-state index in [0.29, 0.717) is 5.92 Å². The van der Waals surface area contributed by atoms with E-state index < -0.39 is 0 Å². The highest BCUT2D eigenvalue weighted by Gasteiger charge is 2.47. The molecule has 0 bridgehead atoms. The predicted octanol–water partition coefficient (Wildman–Crippen LogP) is 1.23. The average molecular weight is 304 g/mol. The predicted molar refractivity (Wildman–Crippen MR) is 83.5 cm³/mol. The summed E-state index contributed by atoms with van der Waals surface area (Å²) >= 11 is 0. The summed E-state index contributed by atoms with van der Waals surface area (Å²) in [5.41, 5.74) is -0.0300. The van der Waals surface area contributed by atoms with Gasteiger partial charge in [0.05, 0.1) is 19.7 Å². The normalized spacial score (nSPS) is 23.4. The van der Waals surface area contributed by atoms with Gasteiger partial charge in [0, 0.05) is 24.9 Å². The number of anilines is 1. The summed E-state index contributed by atoms with van der Waals surface area (Å²) in [5, 5.41) is 3.00. The first-order valence-corrected chi connectivity index (χ1v) is 8.02. The number of amides is 1. The van der Waals surface area contributed by atoms with E-state index in [9.17, 15) is 4.79 Å². The molecule has 6 nitrogen and oxygen atoms in total. The second-order valence-electron chi connectivity index (χ2n) is 6.70. The average Bonchev–Trinajstić information content (AvgIpc) is 2.51. The molecule has 2 fully saturated rings. The molecule has 1 unspecified atom stereocenters. The Labute approximate surface area is 131 Å². The summed E-state index contributed by atoms with van der Waals surface area (Å²) in [6, 6.07) is 1.83. The smallest absolute Gasteiger partial charge is 0.225 e. The second-order valence-corrected chi connectivity index (χ2v) is 6.70. The second kappa shape index (κ2) is 6.20. The van der Waals surface area contributed by atoms with Gasteiger partial charge in [-0.1, -0.05) is 13.8 Å². The van der Waals surface area contributed by atoms with Crippen molar-refractivity contribution < 1.29 is 9.53 Å². The maximum Gasteiger partial charge on any atom is 0.225 e. The third kappa shape index (κ3) is 3.21. The number of hydrogen-bond acceptors (Lipinski definition) is 5. The molecule has 0 saturated carbocycles. The van der Waals surface area contributed by atoms with Gasteiger partial charge in [-0.15, -0.1) is 0 Å². The Hall–Kier alpha value is -1.69. The molecular weight excluding hydrogens is 280 g/mol. The van der Waals surface area contributed by atoms with Crippen LogP contribution in [0.5, 0.6) is 0 Å². The Morgan fingerprint density at radius 3 is 2.77 bits per heavy atom. The van der Waals surface area contributed by atoms with E-state index in [1.165, 1.54) is 0 Å². The van der Waals surface area contributed by atoms with Crippen LogP contribution in [0.3, 0.4) is 0 Å². The molecule has 3 heterocycles. The maximum absolute atomic E-state index is 11.6. The van der Waals surface area contributed by atoms with E-state index in [-0.39, 0.29) is 17.4 Å². The highest BCUT2D eigenvalue weighted by Crippen LogP contribution is 2.37. The molecule has 22 heavy (non-hydrogen) atoms. The van der Waals surface area contributed by atoms with E-state index in [4.69, 9.17) is 4.74 Å². The zero-order valence-electron chi connectivity index (χ0n) is 13.3. The minimum atomic E-state index is -0.0300. The number of carbonyl (C=O) groups excluding carboxylic acids is 1. The zero-order chi connectivity index (χ0) is 15.6. The fourth-order valence-electron chi connectivity index (χ4n) is 3.02. The highest BCUT2D eigenvalue weighted by atomic mass is 16.5. The van der Waals surface area contributed by atoms with Crippen molar-refractivity contribution in [2.24, 2.45) is 11.8 Å². The Bertz CT molecular complexity index is 504. The van der Waals surface area contributed by atoms with Gasteiger partial charge in [0.15, 0.2) is 0 Å². The molecule has 1 atom stereocenters. The fraction of sp³-hybridized carbons (Fsp3) is 0.688. The molecule has 3 rings (SSSR count). The standard InChI is InChI=1S/C16H24N4O2/c1-12(2)14(21)19-8-13-4-5-16(22-9-13)10-20(11-16)15-17-6-3-7-18-15/h3,6-7,12-13H,4-5,8-11H2,1-2H3,(H,19,21). The van der Waals surface area contributed by atoms with Crippen molar-refractivity contribution in [3.05, 3.63) is 18.5 Å². The molecule has 0 aliphatic carbocycles. The molecule has 0 radical (unpaired) electrons. The SMILES string of the molecule is CC(C)C(=O)NCC1CCC2(CN(c3ncccn3)C2)OC1. The fourth-order valence-corrected chi connectivity index (χ4v) is 3.02. The number of nitrogens with zero attached hydrogens (tertiary/aromatic N) is 3. The van der Waals surface area contributed by atoms with Crippen LogP contribution in [0.15, 0.2) is 18.5 Å². The molecule has 1 N–H and O–H groups in total. The van der Waals surface area contributed by atoms with Crippen LogP contribution in [0.2, 0.25) is 0 Å². The lowest BCUT2D eigenvalue weighted by Crippen LogP contribution is -2.65. The van der Waals surface area contributed by atoms with Crippen molar-refractivity contribution in [3.63, 3.8) is 0 Å². The Balaban J connectivity index is 1.43. The summed E-state index contributed by atoms with van der Waals surface area (Å²) in [4.78, 5) is 22.3. The lowest BCUT2D eigenvalue weighted by molar-refractivity contribution is -0.127. The number of rotatable bonds is 4. The molecule has 6 heteroatoms. The van der Waals surface area contributed by atoms with E-state index in [2.05, 4.69) is 20.2 Å². The van der Waals surface area contributed by atoms with Crippen molar-refractivity contribution in [3.8, 4) is 0 Å². The molecule has 2 saturated heterocycles. The van der Waals surface area contributed by atoms with Crippen LogP contribution in [-0.2, 0) is 9.53 Å². The minimum Gasteiger partial charge on any atom is -0.371 e. The summed E-state index contributed by atoms with van der Waals surface area (Å²) in [7, 11) is 0. The first-order valence-electron chi connectivity index (χ1n) is 8.02. The molecule has 1 spiro atoms. The quantitative estimate of drug-likeness (QED) is 0.906. The number of aromatic nitrogens is 2. The largest absolute Gasteiger partial charge is 0.371 e. The monoisotopic (exact) mass is 304 g/mol. The molecule has 1 aromatic rings. The van der Waals surface area contributed by atoms with E-state index in [1.54, 1.807) is 12.4 Å². The Kier molecular flexibility index (Phi) is 4.29. The third-order valence-corrected chi connectivity index (χ3v) is 4.52. The van der Waals surface area contributed by atoms with Gasteiger partial charge in [0.1, 0.15) is 5.60 Å². The molecule has 0 aromatic carbocycles. The van der Waals surface area contributed by atoms with Gasteiger partial charge in [-0.3, -0.25) is 4.79 Å². The minimum absolute atomic E-state index is 0.0300. The van der Waals surface area contributed by atoms with Gasteiger partial charge >= 0.3 is 0 Å². The third-order valence-electron chi connectivity index (χ3n) is 4.52. The number of nitrogens with one attached hydrogen (secondary N) is 1. The van der Waals surface area contributed by atoms with Crippen LogP contribution in [0.1, 0.15) is 26.7 Å².